The van der Waals surface area contributed by atoms with Crippen LogP contribution in [0.25, 0.3) is 10.9 Å². The SMILES string of the molecule is N#CC(NCC(F)(F)F)c1ccc(Cl)c2cccnc12. The van der Waals surface area contributed by atoms with Gasteiger partial charge in [-0.15, -0.1) is 0 Å². The van der Waals surface area contributed by atoms with Crippen LogP contribution < -0.4 is 5.32 Å². The second-order valence-corrected chi connectivity index (χ2v) is 4.50. The van der Waals surface area contributed by atoms with Crippen molar-refractivity contribution in [2.24, 2.45) is 0 Å². The molecule has 3 nitrogen and oxygen atoms in total. The molecule has 1 heterocycles. The number of nitrogens with zero attached hydrogens (tertiary/aromatic N) is 2. The van der Waals surface area contributed by atoms with Crippen LogP contribution in [-0.4, -0.2) is 17.7 Å². The van der Waals surface area contributed by atoms with E-state index in [9.17, 15) is 13.2 Å². The molecule has 0 aliphatic rings. The molecule has 0 saturated heterocycles. The van der Waals surface area contributed by atoms with Gasteiger partial charge >= 0.3 is 6.18 Å². The maximum absolute atomic E-state index is 12.2. The van der Waals surface area contributed by atoms with Crippen molar-refractivity contribution in [1.29, 1.82) is 5.26 Å². The van der Waals surface area contributed by atoms with Crippen LogP contribution in [0, 0.1) is 11.3 Å². The highest BCUT2D eigenvalue weighted by atomic mass is 35.5. The van der Waals surface area contributed by atoms with Gasteiger partial charge in [0.15, 0.2) is 0 Å². The summed E-state index contributed by atoms with van der Waals surface area (Å²) in [7, 11) is 0. The number of hydrogen-bond acceptors (Lipinski definition) is 3. The molecule has 1 N–H and O–H groups in total. The Hall–Kier alpha value is -1.84. The van der Waals surface area contributed by atoms with E-state index in [-0.39, 0.29) is 0 Å². The molecule has 0 saturated carbocycles. The minimum atomic E-state index is -4.38. The molecule has 1 aromatic carbocycles. The number of pyridine rings is 1. The van der Waals surface area contributed by atoms with E-state index in [1.807, 2.05) is 6.07 Å². The van der Waals surface area contributed by atoms with Crippen molar-refractivity contribution in [3.63, 3.8) is 0 Å². The zero-order chi connectivity index (χ0) is 14.8. The van der Waals surface area contributed by atoms with E-state index in [2.05, 4.69) is 10.3 Å². The molecule has 0 spiro atoms. The van der Waals surface area contributed by atoms with Crippen LogP contribution in [0.4, 0.5) is 13.2 Å². The molecule has 20 heavy (non-hydrogen) atoms. The monoisotopic (exact) mass is 299 g/mol. The summed E-state index contributed by atoms with van der Waals surface area (Å²) in [4.78, 5) is 4.10. The van der Waals surface area contributed by atoms with Crippen molar-refractivity contribution in [2.75, 3.05) is 6.54 Å². The predicted octanol–water partition coefficient (Wildman–Crippen LogP) is 3.60. The molecule has 0 bridgehead atoms. The summed E-state index contributed by atoms with van der Waals surface area (Å²) in [5.74, 6) is 0. The summed E-state index contributed by atoms with van der Waals surface area (Å²) >= 11 is 6.00. The van der Waals surface area contributed by atoms with Gasteiger partial charge < -0.3 is 0 Å². The number of rotatable bonds is 3. The van der Waals surface area contributed by atoms with Crippen molar-refractivity contribution in [1.82, 2.24) is 10.3 Å². The van der Waals surface area contributed by atoms with E-state index in [0.29, 0.717) is 21.5 Å². The summed E-state index contributed by atoms with van der Waals surface area (Å²) in [6.45, 7) is -1.25. The molecular formula is C13H9ClF3N3. The van der Waals surface area contributed by atoms with Crippen LogP contribution in [0.15, 0.2) is 30.5 Å². The molecule has 2 aromatic rings. The fraction of sp³-hybridized carbons (Fsp3) is 0.231. The number of nitriles is 1. The van der Waals surface area contributed by atoms with Gasteiger partial charge in [-0.1, -0.05) is 17.7 Å². The van der Waals surface area contributed by atoms with Gasteiger partial charge in [-0.05, 0) is 18.2 Å². The average Bonchev–Trinajstić information content (AvgIpc) is 2.41. The van der Waals surface area contributed by atoms with Crippen LogP contribution in [0.2, 0.25) is 5.02 Å². The Morgan fingerprint density at radius 1 is 1.35 bits per heavy atom. The molecule has 0 fully saturated rings. The molecule has 1 aromatic heterocycles. The van der Waals surface area contributed by atoms with E-state index < -0.39 is 18.8 Å². The Kier molecular flexibility index (Phi) is 4.12. The van der Waals surface area contributed by atoms with Crippen LogP contribution >= 0.6 is 11.6 Å². The first-order chi connectivity index (χ1) is 9.42. The highest BCUT2D eigenvalue weighted by Crippen LogP contribution is 2.28. The fourth-order valence-electron chi connectivity index (χ4n) is 1.84. The smallest absolute Gasteiger partial charge is 0.290 e. The molecule has 0 aliphatic carbocycles. The molecule has 1 unspecified atom stereocenters. The third-order valence-electron chi connectivity index (χ3n) is 2.69. The number of aromatic nitrogens is 1. The maximum Gasteiger partial charge on any atom is 0.401 e. The topological polar surface area (TPSA) is 48.7 Å². The van der Waals surface area contributed by atoms with E-state index in [0.717, 1.165) is 0 Å². The van der Waals surface area contributed by atoms with Crippen molar-refractivity contribution >= 4 is 22.5 Å². The second-order valence-electron chi connectivity index (χ2n) is 4.09. The standard InChI is InChI=1S/C13H9ClF3N3/c14-10-4-3-9(12-8(10)2-1-5-19-12)11(6-18)20-7-13(15,16)17/h1-5,11,20H,7H2. The molecular weight excluding hydrogens is 291 g/mol. The highest BCUT2D eigenvalue weighted by molar-refractivity contribution is 6.35. The first-order valence-corrected chi connectivity index (χ1v) is 6.03. The molecule has 0 radical (unpaired) electrons. The summed E-state index contributed by atoms with van der Waals surface area (Å²) in [5, 5.41) is 12.3. The van der Waals surface area contributed by atoms with Crippen LogP contribution in [0.5, 0.6) is 0 Å². The number of benzene rings is 1. The molecule has 0 aliphatic heterocycles. The average molecular weight is 300 g/mol. The Morgan fingerprint density at radius 2 is 2.10 bits per heavy atom. The van der Waals surface area contributed by atoms with Gasteiger partial charge in [0.2, 0.25) is 0 Å². The van der Waals surface area contributed by atoms with Crippen molar-refractivity contribution in [3.8, 4) is 6.07 Å². The number of halogens is 4. The second kappa shape index (κ2) is 5.65. The normalized spacial score (nSPS) is 13.2. The number of nitrogens with one attached hydrogen (secondary N) is 1. The van der Waals surface area contributed by atoms with Gasteiger partial charge in [0.1, 0.15) is 6.04 Å². The van der Waals surface area contributed by atoms with Gasteiger partial charge in [-0.2, -0.15) is 18.4 Å². The van der Waals surface area contributed by atoms with Gasteiger partial charge in [0.05, 0.1) is 18.1 Å². The quantitative estimate of drug-likeness (QED) is 0.942. The summed E-state index contributed by atoms with van der Waals surface area (Å²) < 4.78 is 36.7. The first-order valence-electron chi connectivity index (χ1n) is 5.65. The number of hydrogen-bond donors (Lipinski definition) is 1. The minimum Gasteiger partial charge on any atom is -0.290 e. The summed E-state index contributed by atoms with van der Waals surface area (Å²) in [6.07, 6.45) is -2.88. The van der Waals surface area contributed by atoms with Crippen LogP contribution in [0.1, 0.15) is 11.6 Å². The number of alkyl halides is 3. The van der Waals surface area contributed by atoms with E-state index in [4.69, 9.17) is 16.9 Å². The van der Waals surface area contributed by atoms with Gasteiger partial charge in [-0.3, -0.25) is 10.3 Å². The zero-order valence-electron chi connectivity index (χ0n) is 10.1. The Morgan fingerprint density at radius 3 is 2.75 bits per heavy atom. The van der Waals surface area contributed by atoms with Crippen molar-refractivity contribution in [2.45, 2.75) is 12.2 Å². The lowest BCUT2D eigenvalue weighted by Crippen LogP contribution is -2.31. The Labute approximate surface area is 118 Å². The van der Waals surface area contributed by atoms with Gasteiger partial charge in [0.25, 0.3) is 0 Å². The van der Waals surface area contributed by atoms with Crippen molar-refractivity contribution < 1.29 is 13.2 Å². The molecule has 2 rings (SSSR count). The highest BCUT2D eigenvalue weighted by Gasteiger charge is 2.29. The lowest BCUT2D eigenvalue weighted by Gasteiger charge is -2.15. The zero-order valence-corrected chi connectivity index (χ0v) is 10.8. The Balaban J connectivity index is 2.41. The van der Waals surface area contributed by atoms with Gasteiger partial charge in [0, 0.05) is 22.2 Å². The molecule has 1 atom stereocenters. The molecule has 0 amide bonds. The predicted molar refractivity (Wildman–Crippen MR) is 69.2 cm³/mol. The number of fused-ring (bicyclic) bond motifs is 1. The third-order valence-corrected chi connectivity index (χ3v) is 3.02. The van der Waals surface area contributed by atoms with Crippen LogP contribution in [0.3, 0.4) is 0 Å². The Bertz CT molecular complexity index is 664. The minimum absolute atomic E-state index is 0.372. The van der Waals surface area contributed by atoms with E-state index in [1.54, 1.807) is 18.2 Å². The summed E-state index contributed by atoms with van der Waals surface area (Å²) in [6, 6.07) is 7.12. The van der Waals surface area contributed by atoms with E-state index >= 15 is 0 Å². The van der Waals surface area contributed by atoms with Crippen LogP contribution in [-0.2, 0) is 0 Å². The first kappa shape index (κ1) is 14.6. The maximum atomic E-state index is 12.2. The molecule has 7 heteroatoms. The largest absolute Gasteiger partial charge is 0.401 e. The lowest BCUT2D eigenvalue weighted by atomic mass is 10.0. The fourth-order valence-corrected chi connectivity index (χ4v) is 2.05. The lowest BCUT2D eigenvalue weighted by molar-refractivity contribution is -0.125. The van der Waals surface area contributed by atoms with Crippen molar-refractivity contribution in [3.05, 3.63) is 41.0 Å². The molecule has 104 valence electrons. The van der Waals surface area contributed by atoms with Gasteiger partial charge in [-0.25, -0.2) is 0 Å². The third kappa shape index (κ3) is 3.18. The van der Waals surface area contributed by atoms with E-state index in [1.165, 1.54) is 12.3 Å². The summed E-state index contributed by atoms with van der Waals surface area (Å²) in [5.41, 5.74) is 0.790.